The van der Waals surface area contributed by atoms with Crippen LogP contribution in [0.25, 0.3) is 22.7 Å². The maximum Gasteiger partial charge on any atom is 0.149 e. The summed E-state index contributed by atoms with van der Waals surface area (Å²) in [5.74, 6) is 1.35. The zero-order valence-corrected chi connectivity index (χ0v) is 17.4. The van der Waals surface area contributed by atoms with Crippen LogP contribution in [0.5, 0.6) is 5.75 Å². The molecule has 4 nitrogen and oxygen atoms in total. The Morgan fingerprint density at radius 1 is 1.10 bits per heavy atom. The molecule has 1 N–H and O–H groups in total. The first-order chi connectivity index (χ1) is 14.1. The van der Waals surface area contributed by atoms with Crippen LogP contribution in [0.1, 0.15) is 22.5 Å². The average molecular weight is 444 g/mol. The highest BCUT2D eigenvalue weighted by molar-refractivity contribution is 9.10. The van der Waals surface area contributed by atoms with Gasteiger partial charge in [-0.25, -0.2) is 4.98 Å². The van der Waals surface area contributed by atoms with Gasteiger partial charge in [0, 0.05) is 4.47 Å². The predicted octanol–water partition coefficient (Wildman–Crippen LogP) is 6.28. The molecular formula is C24H18BrN3O. The van der Waals surface area contributed by atoms with E-state index in [-0.39, 0.29) is 0 Å². The fourth-order valence-corrected chi connectivity index (χ4v) is 3.24. The number of H-pyrrole nitrogens is 1. The monoisotopic (exact) mass is 443 g/mol. The molecular weight excluding hydrogens is 426 g/mol. The third-order valence-electron chi connectivity index (χ3n) is 4.52. The van der Waals surface area contributed by atoms with Gasteiger partial charge in [0.1, 0.15) is 24.3 Å². The second-order valence-corrected chi connectivity index (χ2v) is 7.68. The molecule has 0 atom stereocenters. The van der Waals surface area contributed by atoms with Gasteiger partial charge in [0.25, 0.3) is 0 Å². The Kier molecular flexibility index (Phi) is 5.46. The molecule has 0 saturated carbocycles. The number of ether oxygens (including phenoxy) is 1. The lowest BCUT2D eigenvalue weighted by atomic mass is 10.1. The smallest absolute Gasteiger partial charge is 0.149 e. The summed E-state index contributed by atoms with van der Waals surface area (Å²) < 4.78 is 6.88. The summed E-state index contributed by atoms with van der Waals surface area (Å²) in [6.45, 7) is 2.53. The molecule has 0 bridgehead atoms. The van der Waals surface area contributed by atoms with Crippen LogP contribution in [0.15, 0.2) is 71.2 Å². The lowest BCUT2D eigenvalue weighted by Crippen LogP contribution is -1.95. The fourth-order valence-electron chi connectivity index (χ4n) is 2.98. The predicted molar refractivity (Wildman–Crippen MR) is 119 cm³/mol. The Bertz CT molecular complexity index is 1220. The number of imidazole rings is 1. The number of nitrogens with one attached hydrogen (secondary N) is 1. The molecule has 1 aromatic heterocycles. The van der Waals surface area contributed by atoms with E-state index < -0.39 is 0 Å². The topological polar surface area (TPSA) is 61.7 Å². The third kappa shape index (κ3) is 4.56. The molecule has 5 heteroatoms. The zero-order chi connectivity index (χ0) is 20.2. The normalized spacial score (nSPS) is 11.4. The summed E-state index contributed by atoms with van der Waals surface area (Å²) in [5.41, 5.74) is 5.43. The molecule has 29 heavy (non-hydrogen) atoms. The number of hydrogen-bond acceptors (Lipinski definition) is 3. The molecule has 0 aliphatic carbocycles. The van der Waals surface area contributed by atoms with Crippen molar-refractivity contribution in [2.75, 3.05) is 0 Å². The molecule has 0 saturated heterocycles. The van der Waals surface area contributed by atoms with Crippen LogP contribution in [-0.4, -0.2) is 9.97 Å². The minimum Gasteiger partial charge on any atom is -0.489 e. The van der Waals surface area contributed by atoms with Gasteiger partial charge >= 0.3 is 0 Å². The fraction of sp³-hybridized carbons (Fsp3) is 0.0833. The van der Waals surface area contributed by atoms with E-state index in [1.165, 1.54) is 0 Å². The summed E-state index contributed by atoms with van der Waals surface area (Å²) >= 11 is 3.43. The van der Waals surface area contributed by atoms with Crippen LogP contribution < -0.4 is 4.74 Å². The van der Waals surface area contributed by atoms with Gasteiger partial charge in [-0.3, -0.25) is 0 Å². The average Bonchev–Trinajstić information content (AvgIpc) is 3.15. The van der Waals surface area contributed by atoms with Crippen LogP contribution in [0.2, 0.25) is 0 Å². The first kappa shape index (κ1) is 19.0. The van der Waals surface area contributed by atoms with E-state index >= 15 is 0 Å². The maximum atomic E-state index is 9.60. The third-order valence-corrected chi connectivity index (χ3v) is 5.05. The van der Waals surface area contributed by atoms with E-state index in [2.05, 4.69) is 32.0 Å². The van der Waals surface area contributed by atoms with Crippen LogP contribution in [-0.2, 0) is 6.61 Å². The number of nitriles is 1. The van der Waals surface area contributed by atoms with E-state index in [0.29, 0.717) is 18.0 Å². The van der Waals surface area contributed by atoms with Crippen molar-refractivity contribution in [3.63, 3.8) is 0 Å². The van der Waals surface area contributed by atoms with Crippen LogP contribution in [0.4, 0.5) is 0 Å². The second kappa shape index (κ2) is 8.34. The number of rotatable bonds is 5. The molecule has 3 aromatic carbocycles. The van der Waals surface area contributed by atoms with Crippen molar-refractivity contribution in [3.8, 4) is 11.8 Å². The molecule has 4 aromatic rings. The minimum atomic E-state index is 0.488. The Morgan fingerprint density at radius 2 is 1.86 bits per heavy atom. The molecule has 0 fully saturated rings. The second-order valence-electron chi connectivity index (χ2n) is 6.76. The van der Waals surface area contributed by atoms with Gasteiger partial charge in [0.2, 0.25) is 0 Å². The lowest BCUT2D eigenvalue weighted by molar-refractivity contribution is 0.306. The molecule has 142 valence electrons. The summed E-state index contributed by atoms with van der Waals surface area (Å²) in [6, 6.07) is 23.9. The zero-order valence-electron chi connectivity index (χ0n) is 15.8. The highest BCUT2D eigenvalue weighted by Gasteiger charge is 2.08. The van der Waals surface area contributed by atoms with E-state index in [4.69, 9.17) is 4.74 Å². The van der Waals surface area contributed by atoms with Gasteiger partial charge in [-0.05, 0) is 66.1 Å². The number of hydrogen-bond donors (Lipinski definition) is 1. The Balaban J connectivity index is 1.50. The van der Waals surface area contributed by atoms with E-state index in [0.717, 1.165) is 37.9 Å². The van der Waals surface area contributed by atoms with Crippen molar-refractivity contribution in [3.05, 3.63) is 93.7 Å². The van der Waals surface area contributed by atoms with Crippen molar-refractivity contribution in [1.29, 1.82) is 5.26 Å². The summed E-state index contributed by atoms with van der Waals surface area (Å²) in [5, 5.41) is 9.60. The SMILES string of the molecule is Cc1ccc2nc(C(C#N)=Cc3ccc(OCc4ccc(Br)cc4)cc3)[nH]c2c1. The van der Waals surface area contributed by atoms with Gasteiger partial charge in [-0.15, -0.1) is 0 Å². The van der Waals surface area contributed by atoms with Crippen molar-refractivity contribution in [1.82, 2.24) is 9.97 Å². The number of halogens is 1. The Labute approximate surface area is 177 Å². The summed E-state index contributed by atoms with van der Waals surface area (Å²) in [6.07, 6.45) is 1.82. The molecule has 4 rings (SSSR count). The van der Waals surface area contributed by atoms with E-state index in [1.807, 2.05) is 79.7 Å². The number of aromatic nitrogens is 2. The first-order valence-corrected chi connectivity index (χ1v) is 9.96. The van der Waals surface area contributed by atoms with Crippen molar-refractivity contribution < 1.29 is 4.74 Å². The number of allylic oxidation sites excluding steroid dienone is 1. The molecule has 0 radical (unpaired) electrons. The number of benzene rings is 3. The molecule has 0 spiro atoms. The number of aromatic amines is 1. The van der Waals surface area contributed by atoms with Gasteiger partial charge in [-0.2, -0.15) is 5.26 Å². The van der Waals surface area contributed by atoms with Gasteiger partial charge < -0.3 is 9.72 Å². The van der Waals surface area contributed by atoms with Crippen LogP contribution in [0, 0.1) is 18.3 Å². The van der Waals surface area contributed by atoms with Crippen LogP contribution >= 0.6 is 15.9 Å². The first-order valence-electron chi connectivity index (χ1n) is 9.16. The van der Waals surface area contributed by atoms with Crippen LogP contribution in [0.3, 0.4) is 0 Å². The number of aryl methyl sites for hydroxylation is 1. The van der Waals surface area contributed by atoms with E-state index in [9.17, 15) is 5.26 Å². The Hall–Kier alpha value is -3.36. The maximum absolute atomic E-state index is 9.60. The molecule has 1 heterocycles. The number of fused-ring (bicyclic) bond motifs is 1. The van der Waals surface area contributed by atoms with E-state index in [1.54, 1.807) is 0 Å². The largest absolute Gasteiger partial charge is 0.489 e. The highest BCUT2D eigenvalue weighted by Crippen LogP contribution is 2.22. The standard InChI is InChI=1S/C24H18BrN3O/c1-16-2-11-22-23(12-16)28-24(27-22)19(14-26)13-17-5-9-21(10-6-17)29-15-18-3-7-20(25)8-4-18/h2-13H,15H2,1H3,(H,27,28). The molecule has 0 amide bonds. The van der Waals surface area contributed by atoms with Crippen molar-refractivity contribution >= 4 is 38.6 Å². The summed E-state index contributed by atoms with van der Waals surface area (Å²) in [7, 11) is 0. The van der Waals surface area contributed by atoms with Crippen molar-refractivity contribution in [2.24, 2.45) is 0 Å². The van der Waals surface area contributed by atoms with Gasteiger partial charge in [0.05, 0.1) is 16.6 Å². The lowest BCUT2D eigenvalue weighted by Gasteiger charge is -2.07. The molecule has 0 unspecified atom stereocenters. The molecule has 0 aliphatic rings. The molecule has 0 aliphatic heterocycles. The quantitative estimate of drug-likeness (QED) is 0.369. The van der Waals surface area contributed by atoms with Crippen molar-refractivity contribution in [2.45, 2.75) is 13.5 Å². The Morgan fingerprint density at radius 3 is 2.59 bits per heavy atom. The summed E-state index contributed by atoms with van der Waals surface area (Å²) in [4.78, 5) is 7.77. The van der Waals surface area contributed by atoms with Gasteiger partial charge in [0.15, 0.2) is 0 Å². The highest BCUT2D eigenvalue weighted by atomic mass is 79.9. The minimum absolute atomic E-state index is 0.488. The van der Waals surface area contributed by atoms with Gasteiger partial charge in [-0.1, -0.05) is 46.3 Å². The number of nitrogens with zero attached hydrogens (tertiary/aromatic N) is 2.